The fraction of sp³-hybridized carbons (Fsp3) is 0.375. The van der Waals surface area contributed by atoms with Gasteiger partial charge in [-0.3, -0.25) is 9.59 Å². The number of fused-ring (bicyclic) bond motifs is 1. The molecule has 1 aliphatic carbocycles. The molecule has 1 aromatic heterocycles. The molecule has 30 heavy (non-hydrogen) atoms. The third-order valence-electron chi connectivity index (χ3n) is 5.92. The number of benzene rings is 2. The van der Waals surface area contributed by atoms with Crippen LogP contribution in [0.2, 0.25) is 0 Å². The zero-order chi connectivity index (χ0) is 21.1. The fourth-order valence-electron chi connectivity index (χ4n) is 4.07. The van der Waals surface area contributed by atoms with Gasteiger partial charge in [0.2, 0.25) is 0 Å². The Kier molecular flexibility index (Phi) is 6.13. The zero-order valence-electron chi connectivity index (χ0n) is 17.3. The summed E-state index contributed by atoms with van der Waals surface area (Å²) in [6.07, 6.45) is 3.78. The van der Waals surface area contributed by atoms with E-state index in [1.807, 2.05) is 50.2 Å². The van der Waals surface area contributed by atoms with Crippen LogP contribution < -0.4 is 5.32 Å². The van der Waals surface area contributed by atoms with E-state index in [-0.39, 0.29) is 30.3 Å². The van der Waals surface area contributed by atoms with Crippen molar-refractivity contribution in [3.8, 4) is 0 Å². The highest BCUT2D eigenvalue weighted by atomic mass is 32.1. The summed E-state index contributed by atoms with van der Waals surface area (Å²) < 4.78 is 6.57. The highest BCUT2D eigenvalue weighted by molar-refractivity contribution is 7.18. The molecule has 0 radical (unpaired) electrons. The first kappa shape index (κ1) is 20.5. The number of nitrogens with zero attached hydrogens (tertiary/aromatic N) is 1. The van der Waals surface area contributed by atoms with E-state index in [4.69, 9.17) is 9.72 Å². The fourth-order valence-corrected chi connectivity index (χ4v) is 5.24. The number of para-hydroxylation sites is 1. The summed E-state index contributed by atoms with van der Waals surface area (Å²) in [7, 11) is 0. The van der Waals surface area contributed by atoms with Crippen molar-refractivity contribution in [1.29, 1.82) is 0 Å². The van der Waals surface area contributed by atoms with Crippen LogP contribution in [0.4, 0.5) is 5.69 Å². The van der Waals surface area contributed by atoms with E-state index in [0.29, 0.717) is 0 Å². The Labute approximate surface area is 180 Å². The van der Waals surface area contributed by atoms with Crippen LogP contribution >= 0.6 is 11.3 Å². The summed E-state index contributed by atoms with van der Waals surface area (Å²) >= 11 is 1.66. The number of hydrogen-bond acceptors (Lipinski definition) is 5. The van der Waals surface area contributed by atoms with Gasteiger partial charge in [0.05, 0.1) is 21.1 Å². The maximum absolute atomic E-state index is 12.8. The lowest BCUT2D eigenvalue weighted by Gasteiger charge is -2.28. The standard InChI is InChI=1S/C24H26N2O3S/c1-15-8-7-12-19(16(15)2)25-22(27)14-29-24(28)18-10-4-3-9-17(18)23-26-20-11-5-6-13-21(20)30-23/h5-8,11-13,17-18H,3-4,9-10,14H2,1-2H3,(H,25,27)/t17-,18-/m1/s1. The van der Waals surface area contributed by atoms with Gasteiger partial charge >= 0.3 is 5.97 Å². The first-order valence-electron chi connectivity index (χ1n) is 10.4. The third kappa shape index (κ3) is 4.38. The number of hydrogen-bond donors (Lipinski definition) is 1. The Morgan fingerprint density at radius 3 is 2.73 bits per heavy atom. The van der Waals surface area contributed by atoms with Crippen LogP contribution in [-0.4, -0.2) is 23.5 Å². The number of aryl methyl sites for hydroxylation is 1. The van der Waals surface area contributed by atoms with Gasteiger partial charge in [-0.25, -0.2) is 4.98 Å². The average Bonchev–Trinajstić information content (AvgIpc) is 3.19. The Hall–Kier alpha value is -2.73. The molecular formula is C24H26N2O3S. The average molecular weight is 423 g/mol. The van der Waals surface area contributed by atoms with Gasteiger partial charge in [0.25, 0.3) is 5.91 Å². The van der Waals surface area contributed by atoms with Gasteiger partial charge in [0, 0.05) is 11.6 Å². The lowest BCUT2D eigenvalue weighted by atomic mass is 9.79. The second-order valence-electron chi connectivity index (χ2n) is 7.92. The van der Waals surface area contributed by atoms with Crippen LogP contribution in [0.5, 0.6) is 0 Å². The third-order valence-corrected chi connectivity index (χ3v) is 7.09. The molecule has 0 bridgehead atoms. The molecule has 2 aromatic carbocycles. The molecule has 3 aromatic rings. The minimum atomic E-state index is -0.315. The Balaban J connectivity index is 1.41. The van der Waals surface area contributed by atoms with Gasteiger partial charge in [-0.15, -0.1) is 11.3 Å². The molecule has 2 atom stereocenters. The zero-order valence-corrected chi connectivity index (χ0v) is 18.1. The van der Waals surface area contributed by atoms with E-state index in [0.717, 1.165) is 57.7 Å². The predicted molar refractivity (Wildman–Crippen MR) is 120 cm³/mol. The molecule has 0 spiro atoms. The molecule has 1 aliphatic rings. The number of ether oxygens (including phenoxy) is 1. The van der Waals surface area contributed by atoms with Gasteiger partial charge in [0.15, 0.2) is 6.61 Å². The molecule has 1 N–H and O–H groups in total. The maximum atomic E-state index is 12.8. The van der Waals surface area contributed by atoms with Crippen molar-refractivity contribution in [3.05, 3.63) is 58.6 Å². The lowest BCUT2D eigenvalue weighted by molar-refractivity contribution is -0.153. The molecule has 4 rings (SSSR count). The Morgan fingerprint density at radius 1 is 1.10 bits per heavy atom. The SMILES string of the molecule is Cc1cccc(NC(=O)COC(=O)[C@@H]2CCCC[C@H]2c2nc3ccccc3s2)c1C. The molecule has 0 saturated heterocycles. The molecule has 1 fully saturated rings. The van der Waals surface area contributed by atoms with Crippen molar-refractivity contribution in [2.75, 3.05) is 11.9 Å². The van der Waals surface area contributed by atoms with E-state index >= 15 is 0 Å². The molecule has 1 saturated carbocycles. The van der Waals surface area contributed by atoms with Crippen LogP contribution in [0.1, 0.15) is 47.7 Å². The second-order valence-corrected chi connectivity index (χ2v) is 8.98. The van der Waals surface area contributed by atoms with Crippen LogP contribution in [0.25, 0.3) is 10.2 Å². The summed E-state index contributed by atoms with van der Waals surface area (Å²) in [5, 5.41) is 3.84. The van der Waals surface area contributed by atoms with Crippen molar-refractivity contribution in [2.45, 2.75) is 45.4 Å². The summed E-state index contributed by atoms with van der Waals surface area (Å²) in [4.78, 5) is 30.0. The maximum Gasteiger partial charge on any atom is 0.310 e. The molecule has 1 heterocycles. The van der Waals surface area contributed by atoms with E-state index in [2.05, 4.69) is 11.4 Å². The van der Waals surface area contributed by atoms with Gasteiger partial charge in [-0.2, -0.15) is 0 Å². The van der Waals surface area contributed by atoms with Gasteiger partial charge < -0.3 is 10.1 Å². The molecule has 0 aliphatic heterocycles. The van der Waals surface area contributed by atoms with Crippen LogP contribution in [-0.2, 0) is 14.3 Å². The van der Waals surface area contributed by atoms with Crippen molar-refractivity contribution < 1.29 is 14.3 Å². The minimum Gasteiger partial charge on any atom is -0.455 e. The number of nitrogens with one attached hydrogen (secondary N) is 1. The topological polar surface area (TPSA) is 68.3 Å². The van der Waals surface area contributed by atoms with E-state index in [9.17, 15) is 9.59 Å². The Morgan fingerprint density at radius 2 is 1.90 bits per heavy atom. The molecule has 5 nitrogen and oxygen atoms in total. The quantitative estimate of drug-likeness (QED) is 0.561. The predicted octanol–water partition coefficient (Wildman–Crippen LogP) is 5.37. The van der Waals surface area contributed by atoms with Crippen LogP contribution in [0.3, 0.4) is 0 Å². The van der Waals surface area contributed by atoms with E-state index in [1.165, 1.54) is 0 Å². The number of amides is 1. The monoisotopic (exact) mass is 422 g/mol. The first-order chi connectivity index (χ1) is 14.5. The Bertz CT molecular complexity index is 1040. The van der Waals surface area contributed by atoms with E-state index in [1.54, 1.807) is 11.3 Å². The second kappa shape index (κ2) is 8.96. The first-order valence-corrected chi connectivity index (χ1v) is 11.2. The minimum absolute atomic E-state index is 0.0609. The molecule has 156 valence electrons. The smallest absolute Gasteiger partial charge is 0.310 e. The number of aromatic nitrogens is 1. The molecular weight excluding hydrogens is 396 g/mol. The van der Waals surface area contributed by atoms with Gasteiger partial charge in [-0.05, 0) is 56.0 Å². The number of carbonyl (C=O) groups excluding carboxylic acids is 2. The normalized spacial score (nSPS) is 18.9. The number of esters is 1. The van der Waals surface area contributed by atoms with Crippen molar-refractivity contribution in [3.63, 3.8) is 0 Å². The van der Waals surface area contributed by atoms with Crippen LogP contribution in [0, 0.1) is 19.8 Å². The van der Waals surface area contributed by atoms with Gasteiger partial charge in [-0.1, -0.05) is 37.1 Å². The number of carbonyl (C=O) groups is 2. The number of anilines is 1. The highest BCUT2D eigenvalue weighted by Crippen LogP contribution is 2.41. The summed E-state index contributed by atoms with van der Waals surface area (Å²) in [6.45, 7) is 3.69. The van der Waals surface area contributed by atoms with Crippen molar-refractivity contribution >= 4 is 39.1 Å². The van der Waals surface area contributed by atoms with Crippen LogP contribution in [0.15, 0.2) is 42.5 Å². The molecule has 1 amide bonds. The highest BCUT2D eigenvalue weighted by Gasteiger charge is 2.35. The lowest BCUT2D eigenvalue weighted by Crippen LogP contribution is -2.30. The summed E-state index contributed by atoms with van der Waals surface area (Å²) in [6, 6.07) is 13.8. The van der Waals surface area contributed by atoms with Gasteiger partial charge in [0.1, 0.15) is 0 Å². The summed E-state index contributed by atoms with van der Waals surface area (Å²) in [5.74, 6) is -0.794. The largest absolute Gasteiger partial charge is 0.455 e. The molecule has 0 unspecified atom stereocenters. The van der Waals surface area contributed by atoms with E-state index < -0.39 is 0 Å². The van der Waals surface area contributed by atoms with Crippen molar-refractivity contribution in [1.82, 2.24) is 4.98 Å². The number of thiazole rings is 1. The number of rotatable bonds is 5. The van der Waals surface area contributed by atoms with Crippen molar-refractivity contribution in [2.24, 2.45) is 5.92 Å². The molecule has 6 heteroatoms. The summed E-state index contributed by atoms with van der Waals surface area (Å²) in [5.41, 5.74) is 3.84.